The molecule has 0 unspecified atom stereocenters. The van der Waals surface area contributed by atoms with Gasteiger partial charge in [-0.05, 0) is 42.9 Å². The van der Waals surface area contributed by atoms with Crippen LogP contribution in [0.1, 0.15) is 18.4 Å². The fourth-order valence-corrected chi connectivity index (χ4v) is 3.34. The first kappa shape index (κ1) is 15.0. The van der Waals surface area contributed by atoms with Gasteiger partial charge in [0.15, 0.2) is 23.1 Å². The minimum absolute atomic E-state index is 0.463. The highest BCUT2D eigenvalue weighted by Gasteiger charge is 2.22. The minimum atomic E-state index is -0.791. The Labute approximate surface area is 137 Å². The van der Waals surface area contributed by atoms with E-state index in [-0.39, 0.29) is 0 Å². The van der Waals surface area contributed by atoms with Crippen LogP contribution in [0.3, 0.4) is 0 Å². The molecule has 0 aliphatic carbocycles. The number of halogens is 2. The van der Waals surface area contributed by atoms with Gasteiger partial charge < -0.3 is 9.88 Å². The summed E-state index contributed by atoms with van der Waals surface area (Å²) in [6.45, 7) is 1.75. The number of anilines is 1. The lowest BCUT2D eigenvalue weighted by Gasteiger charge is -2.32. The number of aromatic nitrogens is 4. The SMILES string of the molecule is Fc1ccc(CC2CCN(c3ncnc4nc[nH]c34)CC2)cc1F. The molecule has 2 aromatic heterocycles. The molecule has 3 heterocycles. The molecule has 0 amide bonds. The van der Waals surface area contributed by atoms with E-state index in [0.717, 1.165) is 49.2 Å². The van der Waals surface area contributed by atoms with Crippen LogP contribution in [0.2, 0.25) is 0 Å². The summed E-state index contributed by atoms with van der Waals surface area (Å²) in [4.78, 5) is 18.0. The Kier molecular flexibility index (Phi) is 3.84. The Bertz CT molecular complexity index is 855. The number of aromatic amines is 1. The summed E-state index contributed by atoms with van der Waals surface area (Å²) in [5.41, 5.74) is 2.38. The number of rotatable bonds is 3. The summed E-state index contributed by atoms with van der Waals surface area (Å²) in [5, 5.41) is 0. The van der Waals surface area contributed by atoms with Crippen molar-refractivity contribution in [3.05, 3.63) is 48.1 Å². The summed E-state index contributed by atoms with van der Waals surface area (Å²) in [6.07, 6.45) is 5.90. The Morgan fingerprint density at radius 2 is 1.92 bits per heavy atom. The van der Waals surface area contributed by atoms with Gasteiger partial charge in [-0.25, -0.2) is 23.7 Å². The van der Waals surface area contributed by atoms with Gasteiger partial charge in [0.25, 0.3) is 0 Å². The number of nitrogens with one attached hydrogen (secondary N) is 1. The van der Waals surface area contributed by atoms with Crippen molar-refractivity contribution in [2.45, 2.75) is 19.3 Å². The molecule has 5 nitrogen and oxygen atoms in total. The van der Waals surface area contributed by atoms with Crippen LogP contribution in [0.15, 0.2) is 30.9 Å². The zero-order valence-corrected chi connectivity index (χ0v) is 13.0. The molecule has 1 aromatic carbocycles. The lowest BCUT2D eigenvalue weighted by molar-refractivity contribution is 0.401. The zero-order valence-electron chi connectivity index (χ0n) is 13.0. The van der Waals surface area contributed by atoms with Crippen molar-refractivity contribution in [1.29, 1.82) is 0 Å². The van der Waals surface area contributed by atoms with Crippen molar-refractivity contribution >= 4 is 17.0 Å². The van der Waals surface area contributed by atoms with Gasteiger partial charge in [-0.1, -0.05) is 6.07 Å². The van der Waals surface area contributed by atoms with E-state index in [0.29, 0.717) is 11.6 Å². The number of piperidine rings is 1. The van der Waals surface area contributed by atoms with Crippen molar-refractivity contribution in [2.24, 2.45) is 5.92 Å². The lowest BCUT2D eigenvalue weighted by Crippen LogP contribution is -2.35. The normalized spacial score (nSPS) is 16.0. The third-order valence-electron chi connectivity index (χ3n) is 4.63. The fraction of sp³-hybridized carbons (Fsp3) is 0.353. The maximum absolute atomic E-state index is 13.3. The first-order valence-corrected chi connectivity index (χ1v) is 8.03. The quantitative estimate of drug-likeness (QED) is 0.802. The van der Waals surface area contributed by atoms with Gasteiger partial charge in [0.2, 0.25) is 0 Å². The minimum Gasteiger partial charge on any atom is -0.355 e. The van der Waals surface area contributed by atoms with Gasteiger partial charge in [0.05, 0.1) is 6.33 Å². The molecule has 4 rings (SSSR count). The largest absolute Gasteiger partial charge is 0.355 e. The number of H-pyrrole nitrogens is 1. The Balaban J connectivity index is 1.43. The van der Waals surface area contributed by atoms with Crippen LogP contribution in [0.25, 0.3) is 11.2 Å². The molecule has 3 aromatic rings. The van der Waals surface area contributed by atoms with E-state index in [4.69, 9.17) is 0 Å². The number of nitrogens with zero attached hydrogens (tertiary/aromatic N) is 4. The van der Waals surface area contributed by atoms with Crippen LogP contribution in [-0.2, 0) is 6.42 Å². The molecule has 1 aliphatic rings. The Hall–Kier alpha value is -2.57. The molecule has 1 saturated heterocycles. The van der Waals surface area contributed by atoms with Gasteiger partial charge in [-0.2, -0.15) is 0 Å². The first-order valence-electron chi connectivity index (χ1n) is 8.03. The second-order valence-electron chi connectivity index (χ2n) is 6.18. The molecule has 7 heteroatoms. The summed E-state index contributed by atoms with van der Waals surface area (Å²) in [7, 11) is 0. The van der Waals surface area contributed by atoms with Crippen molar-refractivity contribution in [3.63, 3.8) is 0 Å². The van der Waals surface area contributed by atoms with E-state index >= 15 is 0 Å². The summed E-state index contributed by atoms with van der Waals surface area (Å²) in [6, 6.07) is 4.18. The average molecular weight is 329 g/mol. The molecule has 0 radical (unpaired) electrons. The number of imidazole rings is 1. The molecule has 124 valence electrons. The zero-order chi connectivity index (χ0) is 16.5. The van der Waals surface area contributed by atoms with Gasteiger partial charge in [0, 0.05) is 13.1 Å². The molecule has 0 atom stereocenters. The predicted octanol–water partition coefficient (Wildman–Crippen LogP) is 3.09. The van der Waals surface area contributed by atoms with Crippen molar-refractivity contribution in [1.82, 2.24) is 19.9 Å². The molecule has 0 saturated carbocycles. The van der Waals surface area contributed by atoms with Gasteiger partial charge in [-0.3, -0.25) is 0 Å². The maximum Gasteiger partial charge on any atom is 0.182 e. The van der Waals surface area contributed by atoms with E-state index < -0.39 is 11.6 Å². The molecular formula is C17H17F2N5. The highest BCUT2D eigenvalue weighted by atomic mass is 19.2. The highest BCUT2D eigenvalue weighted by molar-refractivity contribution is 5.82. The molecule has 1 N–H and O–H groups in total. The second-order valence-corrected chi connectivity index (χ2v) is 6.18. The standard InChI is InChI=1S/C17H17F2N5/c18-13-2-1-12(8-14(13)19)7-11-3-5-24(6-4-11)17-15-16(21-9-20-15)22-10-23-17/h1-2,8-11H,3-7H2,(H,20,21,22,23). The van der Waals surface area contributed by atoms with Crippen LogP contribution in [0, 0.1) is 17.6 Å². The molecule has 1 aliphatic heterocycles. The number of hydrogen-bond acceptors (Lipinski definition) is 4. The average Bonchev–Trinajstić information content (AvgIpc) is 3.08. The van der Waals surface area contributed by atoms with E-state index in [1.165, 1.54) is 18.5 Å². The van der Waals surface area contributed by atoms with Crippen LogP contribution in [0.5, 0.6) is 0 Å². The Morgan fingerprint density at radius 1 is 1.08 bits per heavy atom. The second kappa shape index (κ2) is 6.14. The van der Waals surface area contributed by atoms with Crippen LogP contribution in [-0.4, -0.2) is 33.0 Å². The van der Waals surface area contributed by atoms with E-state index in [2.05, 4.69) is 24.8 Å². The lowest BCUT2D eigenvalue weighted by atomic mass is 9.90. The summed E-state index contributed by atoms with van der Waals surface area (Å²) >= 11 is 0. The topological polar surface area (TPSA) is 57.7 Å². The summed E-state index contributed by atoms with van der Waals surface area (Å²) in [5.74, 6) is -0.220. The first-order chi connectivity index (χ1) is 11.7. The van der Waals surface area contributed by atoms with Gasteiger partial charge in [0.1, 0.15) is 11.8 Å². The van der Waals surface area contributed by atoms with Crippen molar-refractivity contribution in [2.75, 3.05) is 18.0 Å². The van der Waals surface area contributed by atoms with Crippen molar-refractivity contribution < 1.29 is 8.78 Å². The van der Waals surface area contributed by atoms with Crippen LogP contribution < -0.4 is 4.90 Å². The van der Waals surface area contributed by atoms with Crippen LogP contribution in [0.4, 0.5) is 14.6 Å². The van der Waals surface area contributed by atoms with E-state index in [1.54, 1.807) is 12.4 Å². The summed E-state index contributed by atoms with van der Waals surface area (Å²) < 4.78 is 26.3. The monoisotopic (exact) mass is 329 g/mol. The van der Waals surface area contributed by atoms with Crippen molar-refractivity contribution in [3.8, 4) is 0 Å². The van der Waals surface area contributed by atoms with Crippen LogP contribution >= 0.6 is 0 Å². The molecule has 24 heavy (non-hydrogen) atoms. The molecular weight excluding hydrogens is 312 g/mol. The number of hydrogen-bond donors (Lipinski definition) is 1. The van der Waals surface area contributed by atoms with Gasteiger partial charge in [-0.15, -0.1) is 0 Å². The van der Waals surface area contributed by atoms with E-state index in [9.17, 15) is 8.78 Å². The fourth-order valence-electron chi connectivity index (χ4n) is 3.34. The number of benzene rings is 1. The number of fused-ring (bicyclic) bond motifs is 1. The van der Waals surface area contributed by atoms with E-state index in [1.807, 2.05) is 0 Å². The third kappa shape index (κ3) is 2.81. The molecule has 0 bridgehead atoms. The maximum atomic E-state index is 13.3. The molecule has 0 spiro atoms. The van der Waals surface area contributed by atoms with Gasteiger partial charge >= 0.3 is 0 Å². The third-order valence-corrected chi connectivity index (χ3v) is 4.63. The smallest absolute Gasteiger partial charge is 0.182 e. The predicted molar refractivity (Wildman–Crippen MR) is 86.7 cm³/mol. The molecule has 1 fully saturated rings. The Morgan fingerprint density at radius 3 is 2.71 bits per heavy atom. The highest BCUT2D eigenvalue weighted by Crippen LogP contribution is 2.27.